The van der Waals surface area contributed by atoms with Gasteiger partial charge in [-0.15, -0.1) is 0 Å². The molecule has 0 bridgehead atoms. The summed E-state index contributed by atoms with van der Waals surface area (Å²) < 4.78 is 5.20. The predicted octanol–water partition coefficient (Wildman–Crippen LogP) is 3.48. The van der Waals surface area contributed by atoms with Crippen LogP contribution in [0.5, 0.6) is 5.75 Å². The fourth-order valence-electron chi connectivity index (χ4n) is 4.06. The van der Waals surface area contributed by atoms with Gasteiger partial charge in [-0.25, -0.2) is 0 Å². The quantitative estimate of drug-likeness (QED) is 0.928. The highest BCUT2D eigenvalue weighted by Crippen LogP contribution is 2.45. The van der Waals surface area contributed by atoms with Crippen LogP contribution in [0.4, 0.5) is 0 Å². The predicted molar refractivity (Wildman–Crippen MR) is 84.8 cm³/mol. The molecule has 1 aliphatic heterocycles. The molecule has 3 rings (SSSR count). The maximum atomic E-state index is 10.3. The fourth-order valence-corrected chi connectivity index (χ4v) is 4.34. The van der Waals surface area contributed by atoms with Crippen molar-refractivity contribution in [3.05, 3.63) is 28.8 Å². The highest BCUT2D eigenvalue weighted by molar-refractivity contribution is 6.32. The van der Waals surface area contributed by atoms with Crippen molar-refractivity contribution in [1.82, 2.24) is 4.90 Å². The molecule has 0 amide bonds. The second-order valence-corrected chi connectivity index (χ2v) is 6.96. The summed E-state index contributed by atoms with van der Waals surface area (Å²) in [7, 11) is 1.64. The Balaban J connectivity index is 1.69. The molecule has 1 N–H and O–H groups in total. The van der Waals surface area contributed by atoms with Gasteiger partial charge in [-0.2, -0.15) is 0 Å². The van der Waals surface area contributed by atoms with Crippen LogP contribution in [0.25, 0.3) is 0 Å². The van der Waals surface area contributed by atoms with E-state index in [1.165, 1.54) is 31.2 Å². The van der Waals surface area contributed by atoms with Crippen molar-refractivity contribution in [2.75, 3.05) is 20.2 Å². The Morgan fingerprint density at radius 2 is 2.19 bits per heavy atom. The summed E-state index contributed by atoms with van der Waals surface area (Å²) in [5.74, 6) is 0.724. The normalized spacial score (nSPS) is 30.0. The Morgan fingerprint density at radius 1 is 1.38 bits per heavy atom. The van der Waals surface area contributed by atoms with Crippen LogP contribution in [0.1, 0.15) is 37.7 Å². The van der Waals surface area contributed by atoms with E-state index in [0.29, 0.717) is 5.02 Å². The number of nitrogens with zero attached hydrogens (tertiary/aromatic N) is 1. The molecule has 116 valence electrons. The Hall–Kier alpha value is -0.770. The molecule has 21 heavy (non-hydrogen) atoms. The van der Waals surface area contributed by atoms with E-state index in [0.717, 1.165) is 31.8 Å². The van der Waals surface area contributed by atoms with Gasteiger partial charge in [0.15, 0.2) is 0 Å². The van der Waals surface area contributed by atoms with Crippen LogP contribution in [0.2, 0.25) is 5.02 Å². The summed E-state index contributed by atoms with van der Waals surface area (Å²) in [4.78, 5) is 2.47. The number of hydrogen-bond donors (Lipinski definition) is 1. The summed E-state index contributed by atoms with van der Waals surface area (Å²) in [6.07, 6.45) is 5.56. The Morgan fingerprint density at radius 3 is 2.86 bits per heavy atom. The van der Waals surface area contributed by atoms with E-state index in [4.69, 9.17) is 16.3 Å². The van der Waals surface area contributed by atoms with E-state index in [2.05, 4.69) is 11.0 Å². The number of hydrogen-bond acceptors (Lipinski definition) is 3. The number of aliphatic hydroxyl groups is 1. The molecular formula is C17H24ClNO2. The van der Waals surface area contributed by atoms with Crippen LogP contribution < -0.4 is 4.74 Å². The summed E-state index contributed by atoms with van der Waals surface area (Å²) >= 11 is 6.21. The molecule has 2 aliphatic rings. The van der Waals surface area contributed by atoms with Crippen LogP contribution in [-0.4, -0.2) is 36.3 Å². The Kier molecular flexibility index (Phi) is 4.43. The lowest BCUT2D eigenvalue weighted by Gasteiger charge is -2.42. The van der Waals surface area contributed by atoms with Gasteiger partial charge >= 0.3 is 0 Å². The van der Waals surface area contributed by atoms with Gasteiger partial charge in [0.2, 0.25) is 0 Å². The zero-order valence-electron chi connectivity index (χ0n) is 12.6. The van der Waals surface area contributed by atoms with Gasteiger partial charge in [-0.05, 0) is 49.9 Å². The first-order chi connectivity index (χ1) is 10.1. The monoisotopic (exact) mass is 309 g/mol. The molecule has 4 heteroatoms. The number of methoxy groups -OCH3 is 1. The Labute approximate surface area is 131 Å². The van der Waals surface area contributed by atoms with Crippen molar-refractivity contribution in [3.63, 3.8) is 0 Å². The van der Waals surface area contributed by atoms with Crippen LogP contribution in [0.3, 0.4) is 0 Å². The zero-order chi connectivity index (χ0) is 14.9. The minimum atomic E-state index is -0.111. The molecule has 0 aromatic heterocycles. The minimum Gasteiger partial charge on any atom is -0.495 e. The van der Waals surface area contributed by atoms with Crippen molar-refractivity contribution >= 4 is 11.6 Å². The standard InChI is InChI=1S/C17H24ClNO2/c1-21-15-6-5-13(10-14(15)18)11-19-9-3-8-17(12-19)7-2-4-16(17)20/h5-6,10,16,20H,2-4,7-9,11-12H2,1H3/t16-,17-/m1/s1. The third-order valence-corrected chi connectivity index (χ3v) is 5.46. The smallest absolute Gasteiger partial charge is 0.137 e. The second-order valence-electron chi connectivity index (χ2n) is 6.55. The highest BCUT2D eigenvalue weighted by Gasteiger charge is 2.44. The van der Waals surface area contributed by atoms with E-state index in [1.54, 1.807) is 7.11 Å². The maximum Gasteiger partial charge on any atom is 0.137 e. The average molecular weight is 310 g/mol. The lowest BCUT2D eigenvalue weighted by molar-refractivity contribution is -0.0120. The molecule has 0 unspecified atom stereocenters. The number of rotatable bonds is 3. The molecule has 1 aromatic carbocycles. The molecular weight excluding hydrogens is 286 g/mol. The molecule has 1 saturated heterocycles. The van der Waals surface area contributed by atoms with E-state index in [9.17, 15) is 5.11 Å². The SMILES string of the molecule is COc1ccc(CN2CCC[C@]3(CCC[C@H]3O)C2)cc1Cl. The lowest BCUT2D eigenvalue weighted by Crippen LogP contribution is -2.46. The van der Waals surface area contributed by atoms with Gasteiger partial charge < -0.3 is 9.84 Å². The van der Waals surface area contributed by atoms with E-state index in [-0.39, 0.29) is 11.5 Å². The van der Waals surface area contributed by atoms with Gasteiger partial charge in [0, 0.05) is 18.5 Å². The van der Waals surface area contributed by atoms with E-state index >= 15 is 0 Å². The van der Waals surface area contributed by atoms with Gasteiger partial charge in [-0.1, -0.05) is 24.1 Å². The average Bonchev–Trinajstić information content (AvgIpc) is 2.80. The van der Waals surface area contributed by atoms with Crippen LogP contribution in [0, 0.1) is 5.41 Å². The molecule has 1 spiro atoms. The first-order valence-corrected chi connectivity index (χ1v) is 8.24. The van der Waals surface area contributed by atoms with Gasteiger partial charge in [0.25, 0.3) is 0 Å². The highest BCUT2D eigenvalue weighted by atomic mass is 35.5. The van der Waals surface area contributed by atoms with Gasteiger partial charge in [0.05, 0.1) is 18.2 Å². The van der Waals surface area contributed by atoms with Crippen LogP contribution in [0.15, 0.2) is 18.2 Å². The Bertz CT molecular complexity index is 508. The number of benzene rings is 1. The van der Waals surface area contributed by atoms with Gasteiger partial charge in [-0.3, -0.25) is 4.90 Å². The molecule has 2 fully saturated rings. The maximum absolute atomic E-state index is 10.3. The van der Waals surface area contributed by atoms with Crippen molar-refractivity contribution in [3.8, 4) is 5.75 Å². The van der Waals surface area contributed by atoms with Gasteiger partial charge in [0.1, 0.15) is 5.75 Å². The van der Waals surface area contributed by atoms with Crippen LogP contribution in [-0.2, 0) is 6.54 Å². The number of likely N-dealkylation sites (tertiary alicyclic amines) is 1. The van der Waals surface area contributed by atoms with Crippen molar-refractivity contribution in [2.24, 2.45) is 5.41 Å². The summed E-state index contributed by atoms with van der Waals surface area (Å²) in [5.41, 5.74) is 1.36. The molecule has 1 saturated carbocycles. The first kappa shape index (κ1) is 15.1. The van der Waals surface area contributed by atoms with Crippen molar-refractivity contribution in [2.45, 2.75) is 44.8 Å². The topological polar surface area (TPSA) is 32.7 Å². The van der Waals surface area contributed by atoms with E-state index < -0.39 is 0 Å². The van der Waals surface area contributed by atoms with E-state index in [1.807, 2.05) is 12.1 Å². The lowest BCUT2D eigenvalue weighted by atomic mass is 9.76. The number of aliphatic hydroxyl groups excluding tert-OH is 1. The number of piperidine rings is 1. The third kappa shape index (κ3) is 3.05. The summed E-state index contributed by atoms with van der Waals surface area (Å²) in [6, 6.07) is 6.01. The molecule has 0 radical (unpaired) electrons. The molecule has 2 atom stereocenters. The van der Waals surface area contributed by atoms with Crippen molar-refractivity contribution in [1.29, 1.82) is 0 Å². The largest absolute Gasteiger partial charge is 0.495 e. The molecule has 1 heterocycles. The molecule has 3 nitrogen and oxygen atoms in total. The second kappa shape index (κ2) is 6.15. The molecule has 1 aliphatic carbocycles. The zero-order valence-corrected chi connectivity index (χ0v) is 13.4. The summed E-state index contributed by atoms with van der Waals surface area (Å²) in [6.45, 7) is 3.02. The summed E-state index contributed by atoms with van der Waals surface area (Å²) in [5, 5.41) is 11.0. The van der Waals surface area contributed by atoms with Crippen LogP contribution >= 0.6 is 11.6 Å². The van der Waals surface area contributed by atoms with Crippen molar-refractivity contribution < 1.29 is 9.84 Å². The third-order valence-electron chi connectivity index (χ3n) is 5.17. The minimum absolute atomic E-state index is 0.111. The molecule has 1 aromatic rings. The number of ether oxygens (including phenoxy) is 1. The first-order valence-electron chi connectivity index (χ1n) is 7.86. The number of halogens is 1. The fraction of sp³-hybridized carbons (Fsp3) is 0.647.